The maximum Gasteiger partial charge on any atom is 0.244 e. The fourth-order valence-electron chi connectivity index (χ4n) is 2.00. The standard InChI is InChI=1S/C18H18F2N2OS/c1-12(15-5-9-17(20)10-6-15)21-18(22-13(2)23)24-11-14-3-7-16(19)8-4-14/h3-10,12H,11H2,1-2H3,(H,21,22,23)/t12-/m0/s1. The van der Waals surface area contributed by atoms with Crippen LogP contribution in [-0.2, 0) is 10.5 Å². The van der Waals surface area contributed by atoms with Gasteiger partial charge in [-0.25, -0.2) is 8.78 Å². The topological polar surface area (TPSA) is 41.5 Å². The molecule has 1 N–H and O–H groups in total. The van der Waals surface area contributed by atoms with E-state index in [1.54, 1.807) is 24.3 Å². The van der Waals surface area contributed by atoms with Gasteiger partial charge in [0.25, 0.3) is 0 Å². The first-order valence-electron chi connectivity index (χ1n) is 7.42. The highest BCUT2D eigenvalue weighted by atomic mass is 32.2. The first kappa shape index (κ1) is 18.1. The van der Waals surface area contributed by atoms with Crippen LogP contribution in [-0.4, -0.2) is 11.1 Å². The number of thioether (sulfide) groups is 1. The summed E-state index contributed by atoms with van der Waals surface area (Å²) in [5, 5.41) is 3.64. The maximum absolute atomic E-state index is 13.0. The van der Waals surface area contributed by atoms with Crippen LogP contribution < -0.4 is 5.32 Å². The number of benzene rings is 2. The summed E-state index contributed by atoms with van der Waals surface area (Å²) in [5.74, 6) is -0.343. The van der Waals surface area contributed by atoms with E-state index in [-0.39, 0.29) is 23.6 Å². The highest BCUT2D eigenvalue weighted by molar-refractivity contribution is 8.13. The third-order valence-corrected chi connectivity index (χ3v) is 4.22. The van der Waals surface area contributed by atoms with E-state index >= 15 is 0 Å². The number of carbonyl (C=O) groups is 1. The first-order valence-corrected chi connectivity index (χ1v) is 8.41. The number of nitrogens with one attached hydrogen (secondary N) is 1. The molecule has 2 rings (SSSR count). The minimum absolute atomic E-state index is 0.135. The van der Waals surface area contributed by atoms with Crippen molar-refractivity contribution < 1.29 is 13.6 Å². The number of halogens is 2. The lowest BCUT2D eigenvalue weighted by Gasteiger charge is -2.17. The van der Waals surface area contributed by atoms with Crippen molar-refractivity contribution in [2.45, 2.75) is 25.6 Å². The number of carbonyl (C=O) groups excluding carboxylic acids is 1. The van der Waals surface area contributed by atoms with Gasteiger partial charge < -0.3 is 5.32 Å². The maximum atomic E-state index is 13.0. The van der Waals surface area contributed by atoms with Crippen LogP contribution in [0, 0.1) is 11.6 Å². The van der Waals surface area contributed by atoms with Crippen LogP contribution >= 0.6 is 11.8 Å². The second kappa shape index (κ2) is 8.59. The summed E-state index contributed by atoms with van der Waals surface area (Å²) >= 11 is 1.36. The molecule has 0 saturated carbocycles. The second-order valence-electron chi connectivity index (χ2n) is 5.27. The van der Waals surface area contributed by atoms with Crippen LogP contribution in [0.5, 0.6) is 0 Å². The van der Waals surface area contributed by atoms with Crippen molar-refractivity contribution in [1.29, 1.82) is 0 Å². The summed E-state index contributed by atoms with van der Waals surface area (Å²) in [6.45, 7) is 3.28. The lowest BCUT2D eigenvalue weighted by molar-refractivity contribution is -0.115. The SMILES string of the molecule is CC(=O)/N=C(/N[C@@H](C)c1ccc(F)cc1)SCc1ccc(F)cc1. The Morgan fingerprint density at radius 2 is 1.62 bits per heavy atom. The molecule has 0 spiro atoms. The Morgan fingerprint density at radius 3 is 2.17 bits per heavy atom. The van der Waals surface area contributed by atoms with Gasteiger partial charge in [-0.2, -0.15) is 4.99 Å². The van der Waals surface area contributed by atoms with Gasteiger partial charge in [-0.05, 0) is 42.3 Å². The Morgan fingerprint density at radius 1 is 1.08 bits per heavy atom. The Bertz CT molecular complexity index is 715. The van der Waals surface area contributed by atoms with Gasteiger partial charge in [-0.1, -0.05) is 36.0 Å². The zero-order chi connectivity index (χ0) is 17.5. The van der Waals surface area contributed by atoms with Gasteiger partial charge >= 0.3 is 0 Å². The lowest BCUT2D eigenvalue weighted by Crippen LogP contribution is -2.25. The van der Waals surface area contributed by atoms with E-state index in [1.807, 2.05) is 6.92 Å². The molecule has 1 amide bonds. The molecule has 0 aromatic heterocycles. The molecule has 0 aliphatic carbocycles. The first-order chi connectivity index (χ1) is 11.4. The Balaban J connectivity index is 2.03. The molecule has 3 nitrogen and oxygen atoms in total. The normalized spacial score (nSPS) is 12.8. The number of nitrogens with zero attached hydrogens (tertiary/aromatic N) is 1. The van der Waals surface area contributed by atoms with E-state index in [0.717, 1.165) is 11.1 Å². The minimum Gasteiger partial charge on any atom is -0.358 e. The largest absolute Gasteiger partial charge is 0.358 e. The Kier molecular flexibility index (Phi) is 6.49. The van der Waals surface area contributed by atoms with Crippen molar-refractivity contribution in [2.24, 2.45) is 4.99 Å². The predicted molar refractivity (Wildman–Crippen MR) is 93.8 cm³/mol. The van der Waals surface area contributed by atoms with Gasteiger partial charge in [0.1, 0.15) is 11.6 Å². The smallest absolute Gasteiger partial charge is 0.244 e. The highest BCUT2D eigenvalue weighted by Crippen LogP contribution is 2.18. The monoisotopic (exact) mass is 348 g/mol. The van der Waals surface area contributed by atoms with Crippen molar-refractivity contribution in [3.8, 4) is 0 Å². The number of aliphatic imine (C=N–C) groups is 1. The summed E-state index contributed by atoms with van der Waals surface area (Å²) in [6, 6.07) is 12.2. The Hall–Kier alpha value is -2.21. The van der Waals surface area contributed by atoms with Crippen LogP contribution in [0.25, 0.3) is 0 Å². The molecule has 0 unspecified atom stereocenters. The lowest BCUT2D eigenvalue weighted by atomic mass is 10.1. The molecule has 0 saturated heterocycles. The zero-order valence-electron chi connectivity index (χ0n) is 13.4. The van der Waals surface area contributed by atoms with Gasteiger partial charge in [0, 0.05) is 12.7 Å². The molecule has 2 aromatic rings. The van der Waals surface area contributed by atoms with Crippen LogP contribution in [0.1, 0.15) is 31.0 Å². The van der Waals surface area contributed by atoms with Gasteiger partial charge in [0.15, 0.2) is 5.17 Å². The van der Waals surface area contributed by atoms with E-state index in [1.165, 1.54) is 43.0 Å². The van der Waals surface area contributed by atoms with E-state index in [4.69, 9.17) is 0 Å². The highest BCUT2D eigenvalue weighted by Gasteiger charge is 2.10. The molecule has 24 heavy (non-hydrogen) atoms. The summed E-state index contributed by atoms with van der Waals surface area (Å²) in [4.78, 5) is 15.3. The second-order valence-corrected chi connectivity index (χ2v) is 6.23. The fraction of sp³-hybridized carbons (Fsp3) is 0.222. The van der Waals surface area contributed by atoms with Gasteiger partial charge in [-0.3, -0.25) is 4.79 Å². The average Bonchev–Trinajstić information content (AvgIpc) is 2.54. The molecule has 0 fully saturated rings. The van der Waals surface area contributed by atoms with Crippen LogP contribution in [0.2, 0.25) is 0 Å². The van der Waals surface area contributed by atoms with E-state index in [9.17, 15) is 13.6 Å². The molecule has 6 heteroatoms. The quantitative estimate of drug-likeness (QED) is 0.655. The number of amidine groups is 1. The molecular weight excluding hydrogens is 330 g/mol. The van der Waals surface area contributed by atoms with Crippen molar-refractivity contribution in [3.63, 3.8) is 0 Å². The zero-order valence-corrected chi connectivity index (χ0v) is 14.2. The Labute approximate surface area is 144 Å². The molecule has 0 heterocycles. The van der Waals surface area contributed by atoms with Crippen molar-refractivity contribution in [3.05, 3.63) is 71.3 Å². The van der Waals surface area contributed by atoms with Gasteiger partial charge in [0.2, 0.25) is 5.91 Å². The van der Waals surface area contributed by atoms with E-state index in [2.05, 4.69) is 10.3 Å². The molecule has 0 radical (unpaired) electrons. The molecule has 0 bridgehead atoms. The summed E-state index contributed by atoms with van der Waals surface area (Å²) in [6.07, 6.45) is 0. The third kappa shape index (κ3) is 5.77. The predicted octanol–water partition coefficient (Wildman–Crippen LogP) is 4.45. The number of amides is 1. The molecular formula is C18H18F2N2OS. The molecule has 0 aliphatic rings. The van der Waals surface area contributed by atoms with E-state index in [0.29, 0.717) is 10.9 Å². The van der Waals surface area contributed by atoms with Crippen molar-refractivity contribution >= 4 is 22.8 Å². The number of rotatable bonds is 4. The molecule has 1 atom stereocenters. The van der Waals surface area contributed by atoms with E-state index < -0.39 is 0 Å². The summed E-state index contributed by atoms with van der Waals surface area (Å²) in [7, 11) is 0. The average molecular weight is 348 g/mol. The summed E-state index contributed by atoms with van der Waals surface area (Å²) < 4.78 is 25.9. The van der Waals surface area contributed by atoms with Crippen molar-refractivity contribution in [1.82, 2.24) is 5.32 Å². The van der Waals surface area contributed by atoms with Crippen molar-refractivity contribution in [2.75, 3.05) is 0 Å². The third-order valence-electron chi connectivity index (χ3n) is 3.26. The number of hydrogen-bond donors (Lipinski definition) is 1. The minimum atomic E-state index is -0.310. The van der Waals surface area contributed by atoms with Gasteiger partial charge in [0.05, 0.1) is 6.04 Å². The molecule has 0 aliphatic heterocycles. The fourth-order valence-corrected chi connectivity index (χ4v) is 2.95. The van der Waals surface area contributed by atoms with Crippen LogP contribution in [0.3, 0.4) is 0 Å². The van der Waals surface area contributed by atoms with Crippen LogP contribution in [0.4, 0.5) is 8.78 Å². The molecule has 126 valence electrons. The van der Waals surface area contributed by atoms with Crippen LogP contribution in [0.15, 0.2) is 53.5 Å². The molecule has 2 aromatic carbocycles. The summed E-state index contributed by atoms with van der Waals surface area (Å²) in [5.41, 5.74) is 1.81. The van der Waals surface area contributed by atoms with Gasteiger partial charge in [-0.15, -0.1) is 0 Å². The number of hydrogen-bond acceptors (Lipinski definition) is 2.